The minimum Gasteiger partial charge on any atom is -0.494 e. The summed E-state index contributed by atoms with van der Waals surface area (Å²) in [5.41, 5.74) is 7.13. The van der Waals surface area contributed by atoms with E-state index in [1.165, 1.54) is 122 Å². The smallest absolute Gasteiger partial charge is 0.295 e. The van der Waals surface area contributed by atoms with Crippen molar-refractivity contribution in [2.45, 2.75) is 187 Å². The summed E-state index contributed by atoms with van der Waals surface area (Å²) in [6.45, 7) is 12.1. The van der Waals surface area contributed by atoms with Crippen LogP contribution in [0.5, 0.6) is 11.5 Å². The minimum atomic E-state index is -4.53. The SMILES string of the molecule is CCCCCCCCCCCCOc1ccc(N(CCCC)c2ccc(C(=C3C=CC(=[N+](CCCC)c4ccc(OCCCCCCCCCCCC)cc4)C=C3)c3ccccc3S(=O)(=O)O)cc2)cc1. The van der Waals surface area contributed by atoms with Gasteiger partial charge < -0.3 is 14.4 Å². The topological polar surface area (TPSA) is 79.1 Å². The van der Waals surface area contributed by atoms with Gasteiger partial charge in [-0.2, -0.15) is 13.0 Å². The highest BCUT2D eigenvalue weighted by Crippen LogP contribution is 2.36. The van der Waals surface area contributed by atoms with Gasteiger partial charge in [-0.1, -0.05) is 186 Å². The summed E-state index contributed by atoms with van der Waals surface area (Å²) in [7, 11) is -4.53. The normalized spacial score (nSPS) is 12.4. The molecule has 8 heteroatoms. The number of anilines is 2. The van der Waals surface area contributed by atoms with Crippen LogP contribution in [0.3, 0.4) is 0 Å². The third-order valence-electron chi connectivity index (χ3n) is 13.7. The second-order valence-corrected chi connectivity index (χ2v) is 20.9. The summed E-state index contributed by atoms with van der Waals surface area (Å²) < 4.78 is 50.9. The standard InChI is InChI=1S/C63H88N2O5S/c1-5-9-13-15-17-19-21-23-25-29-51-69-59-45-41-57(42-46-59)64(49-11-7-3)55-37-33-53(34-38-55)63(61-31-27-28-32-62(61)71(66,67)68)54-35-39-56(40-36-54)65(50-12-8-4)58-43-47-60(48-44-58)70-52-30-26-24-22-20-18-16-14-10-6-2/h27-28,31-48H,5-26,29-30,49-52H2,1-4H3/p+1. The van der Waals surface area contributed by atoms with Gasteiger partial charge in [-0.15, -0.1) is 0 Å². The molecule has 5 rings (SSSR count). The largest absolute Gasteiger partial charge is 0.494 e. The van der Waals surface area contributed by atoms with Crippen molar-refractivity contribution in [2.75, 3.05) is 31.2 Å². The molecule has 71 heavy (non-hydrogen) atoms. The Morgan fingerprint density at radius 1 is 0.493 bits per heavy atom. The lowest BCUT2D eigenvalue weighted by molar-refractivity contribution is -0.439. The highest BCUT2D eigenvalue weighted by Gasteiger charge is 2.23. The number of allylic oxidation sites excluding steroid dienone is 5. The van der Waals surface area contributed by atoms with Crippen LogP contribution in [0.1, 0.15) is 193 Å². The number of nitrogens with zero attached hydrogens (tertiary/aromatic N) is 2. The lowest BCUT2D eigenvalue weighted by Gasteiger charge is -2.26. The molecule has 0 amide bonds. The maximum Gasteiger partial charge on any atom is 0.295 e. The van der Waals surface area contributed by atoms with Crippen LogP contribution in [0.2, 0.25) is 0 Å². The van der Waals surface area contributed by atoms with Crippen LogP contribution < -0.4 is 14.4 Å². The summed E-state index contributed by atoms with van der Waals surface area (Å²) in [6.07, 6.45) is 38.6. The van der Waals surface area contributed by atoms with Crippen LogP contribution in [0.25, 0.3) is 5.57 Å². The molecule has 0 saturated carbocycles. The Kier molecular flexibility index (Phi) is 26.4. The van der Waals surface area contributed by atoms with Crippen molar-refractivity contribution in [1.29, 1.82) is 0 Å². The van der Waals surface area contributed by atoms with Crippen LogP contribution in [0.4, 0.5) is 17.1 Å². The minimum absolute atomic E-state index is 0.122. The molecular formula is C63H89N2O5S+. The van der Waals surface area contributed by atoms with E-state index in [4.69, 9.17) is 9.47 Å². The molecule has 1 aliphatic rings. The van der Waals surface area contributed by atoms with Crippen molar-refractivity contribution < 1.29 is 27.0 Å². The third kappa shape index (κ3) is 19.9. The molecule has 0 radical (unpaired) electrons. The molecule has 0 aromatic heterocycles. The van der Waals surface area contributed by atoms with Crippen molar-refractivity contribution >= 4 is 38.5 Å². The summed E-state index contributed by atoms with van der Waals surface area (Å²) >= 11 is 0. The fourth-order valence-corrected chi connectivity index (χ4v) is 10.1. The zero-order valence-corrected chi connectivity index (χ0v) is 45.0. The molecular weight excluding hydrogens is 897 g/mol. The van der Waals surface area contributed by atoms with Gasteiger partial charge in [-0.25, -0.2) is 0 Å². The average molecular weight is 986 g/mol. The van der Waals surface area contributed by atoms with Gasteiger partial charge in [0.25, 0.3) is 10.1 Å². The average Bonchev–Trinajstić information content (AvgIpc) is 3.39. The van der Waals surface area contributed by atoms with Gasteiger partial charge in [0.2, 0.25) is 11.4 Å². The van der Waals surface area contributed by atoms with Crippen molar-refractivity contribution in [1.82, 2.24) is 0 Å². The van der Waals surface area contributed by atoms with E-state index in [9.17, 15) is 13.0 Å². The molecule has 0 fully saturated rings. The highest BCUT2D eigenvalue weighted by atomic mass is 32.2. The van der Waals surface area contributed by atoms with Crippen molar-refractivity contribution in [3.63, 3.8) is 0 Å². The van der Waals surface area contributed by atoms with Crippen molar-refractivity contribution in [3.05, 3.63) is 138 Å². The summed E-state index contributed by atoms with van der Waals surface area (Å²) in [6, 6.07) is 32.0. The number of unbranched alkanes of at least 4 members (excludes halogenated alkanes) is 20. The number of hydrogen-bond acceptors (Lipinski definition) is 5. The number of ether oxygens (including phenoxy) is 2. The zero-order chi connectivity index (χ0) is 50.4. The van der Waals surface area contributed by atoms with Crippen molar-refractivity contribution in [2.24, 2.45) is 0 Å². The molecule has 386 valence electrons. The molecule has 1 N–H and O–H groups in total. The summed E-state index contributed by atoms with van der Waals surface area (Å²) in [5.74, 6) is 1.79. The maximum atomic E-state index is 12.9. The van der Waals surface area contributed by atoms with Crippen LogP contribution in [0.15, 0.2) is 132 Å². The predicted molar refractivity (Wildman–Crippen MR) is 301 cm³/mol. The summed E-state index contributed by atoms with van der Waals surface area (Å²) in [4.78, 5) is 2.21. The second-order valence-electron chi connectivity index (χ2n) is 19.5. The van der Waals surface area contributed by atoms with E-state index < -0.39 is 10.1 Å². The molecule has 0 heterocycles. The van der Waals surface area contributed by atoms with E-state index in [0.29, 0.717) is 5.56 Å². The fraction of sp³-hybridized carbons (Fsp3) is 0.508. The Bertz CT molecular complexity index is 2330. The monoisotopic (exact) mass is 986 g/mol. The third-order valence-corrected chi connectivity index (χ3v) is 14.6. The molecule has 1 aliphatic carbocycles. The first kappa shape index (κ1) is 57.0. The Labute approximate surface area is 430 Å². The van der Waals surface area contributed by atoms with Gasteiger partial charge in [0.15, 0.2) is 0 Å². The Morgan fingerprint density at radius 3 is 1.41 bits per heavy atom. The maximum absolute atomic E-state index is 12.9. The lowest BCUT2D eigenvalue weighted by Crippen LogP contribution is -2.18. The van der Waals surface area contributed by atoms with Crippen LogP contribution >= 0.6 is 0 Å². The van der Waals surface area contributed by atoms with E-state index in [0.717, 1.165) is 116 Å². The Balaban J connectivity index is 1.30. The summed E-state index contributed by atoms with van der Waals surface area (Å²) in [5, 5.41) is 0. The molecule has 4 aromatic rings. The van der Waals surface area contributed by atoms with Gasteiger partial charge >= 0.3 is 0 Å². The van der Waals surface area contributed by atoms with Crippen LogP contribution in [0, 0.1) is 0 Å². The van der Waals surface area contributed by atoms with Gasteiger partial charge in [0.05, 0.1) is 13.2 Å². The van der Waals surface area contributed by atoms with E-state index >= 15 is 0 Å². The van der Waals surface area contributed by atoms with Gasteiger partial charge in [0.1, 0.15) is 22.9 Å². The number of benzene rings is 4. The van der Waals surface area contributed by atoms with Gasteiger partial charge in [-0.3, -0.25) is 4.55 Å². The quantitative estimate of drug-likeness (QED) is 0.0278. The second kappa shape index (κ2) is 32.9. The lowest BCUT2D eigenvalue weighted by atomic mass is 9.90. The van der Waals surface area contributed by atoms with Crippen molar-refractivity contribution in [3.8, 4) is 11.5 Å². The Hall–Kier alpha value is -4.92. The Morgan fingerprint density at radius 2 is 0.930 bits per heavy atom. The molecule has 0 unspecified atom stereocenters. The van der Waals surface area contributed by atoms with E-state index in [1.54, 1.807) is 12.1 Å². The van der Waals surface area contributed by atoms with Gasteiger partial charge in [0, 0.05) is 54.2 Å². The molecule has 4 aromatic carbocycles. The first-order valence-corrected chi connectivity index (χ1v) is 29.4. The molecule has 0 bridgehead atoms. The number of hydrogen-bond donors (Lipinski definition) is 1. The molecule has 0 spiro atoms. The first-order valence-electron chi connectivity index (χ1n) is 27.9. The molecule has 0 atom stereocenters. The van der Waals surface area contributed by atoms with Crippen LogP contribution in [-0.4, -0.2) is 49.6 Å². The highest BCUT2D eigenvalue weighted by molar-refractivity contribution is 7.86. The van der Waals surface area contributed by atoms with Gasteiger partial charge in [-0.05, 0) is 103 Å². The van der Waals surface area contributed by atoms with E-state index in [1.807, 2.05) is 6.07 Å². The predicted octanol–water partition coefficient (Wildman–Crippen LogP) is 18.0. The first-order chi connectivity index (χ1) is 34.8. The zero-order valence-electron chi connectivity index (χ0n) is 44.2. The van der Waals surface area contributed by atoms with E-state index in [-0.39, 0.29) is 4.90 Å². The van der Waals surface area contributed by atoms with E-state index in [2.05, 4.69) is 134 Å². The molecule has 0 aliphatic heterocycles. The van der Waals surface area contributed by atoms with Crippen LogP contribution in [-0.2, 0) is 10.1 Å². The fourth-order valence-electron chi connectivity index (χ4n) is 9.44. The molecule has 7 nitrogen and oxygen atoms in total. The number of rotatable bonds is 36. The molecule has 0 saturated heterocycles.